The lowest BCUT2D eigenvalue weighted by Gasteiger charge is -2.06. The van der Waals surface area contributed by atoms with Crippen LogP contribution >= 0.6 is 12.4 Å². The van der Waals surface area contributed by atoms with Crippen LogP contribution in [0.5, 0.6) is 17.2 Å². The van der Waals surface area contributed by atoms with Crippen LogP contribution in [0.15, 0.2) is 75.0 Å². The van der Waals surface area contributed by atoms with Gasteiger partial charge in [0.2, 0.25) is 0 Å². The Balaban J connectivity index is 0.00000675. The molecule has 19 heteroatoms. The summed E-state index contributed by atoms with van der Waals surface area (Å²) in [5, 5.41) is 49.1. The van der Waals surface area contributed by atoms with Gasteiger partial charge in [-0.15, -0.1) is 17.5 Å². The Labute approximate surface area is 254 Å². The van der Waals surface area contributed by atoms with Crippen LogP contribution < -0.4 is 25.1 Å². The Hall–Kier alpha value is -6.17. The second-order valence-electron chi connectivity index (χ2n) is 7.98. The number of non-ortho nitro benzene ring substituents is 3. The van der Waals surface area contributed by atoms with E-state index in [0.29, 0.717) is 16.7 Å². The van der Waals surface area contributed by atoms with Crippen LogP contribution in [0.2, 0.25) is 0 Å². The average molecular weight is 630 g/mol. The van der Waals surface area contributed by atoms with E-state index in [1.54, 1.807) is 0 Å². The number of benzene rings is 3. The summed E-state index contributed by atoms with van der Waals surface area (Å²) in [5.74, 6) is 0.448. The van der Waals surface area contributed by atoms with Crippen LogP contribution in [0.1, 0.15) is 16.7 Å². The smallest absolute Gasteiger partial charge is 0.273 e. The predicted molar refractivity (Wildman–Crippen MR) is 163 cm³/mol. The van der Waals surface area contributed by atoms with E-state index in [4.69, 9.17) is 14.2 Å². The van der Waals surface area contributed by atoms with E-state index < -0.39 is 14.8 Å². The Morgan fingerprint density at radius 1 is 0.636 bits per heavy atom. The van der Waals surface area contributed by atoms with Gasteiger partial charge in [0.05, 0.1) is 72.9 Å². The lowest BCUT2D eigenvalue weighted by Crippen LogP contribution is -2.30. The molecule has 2 N–H and O–H groups in total. The first kappa shape index (κ1) is 34.0. The molecule has 3 rings (SSSR count). The number of hydrazone groups is 2. The summed E-state index contributed by atoms with van der Waals surface area (Å²) in [7, 11) is 4.04. The largest absolute Gasteiger partial charge is 0.496 e. The summed E-state index contributed by atoms with van der Waals surface area (Å²) in [6.45, 7) is 0. The van der Waals surface area contributed by atoms with Gasteiger partial charge < -0.3 is 14.2 Å². The van der Waals surface area contributed by atoms with Gasteiger partial charge in [-0.2, -0.15) is 15.3 Å². The second kappa shape index (κ2) is 16.3. The highest BCUT2D eigenvalue weighted by molar-refractivity contribution is 5.89. The van der Waals surface area contributed by atoms with E-state index in [1.807, 2.05) is 0 Å². The van der Waals surface area contributed by atoms with Crippen molar-refractivity contribution in [1.82, 2.24) is 10.9 Å². The quantitative estimate of drug-likeness (QED) is 0.127. The Morgan fingerprint density at radius 3 is 1.30 bits per heavy atom. The molecule has 0 radical (unpaired) electrons. The first-order valence-electron chi connectivity index (χ1n) is 11.8. The normalized spacial score (nSPS) is 10.7. The first-order chi connectivity index (χ1) is 20.7. The lowest BCUT2D eigenvalue weighted by molar-refractivity contribution is -0.385. The van der Waals surface area contributed by atoms with Crippen molar-refractivity contribution in [2.45, 2.75) is 0 Å². The molecule has 0 aliphatic rings. The minimum absolute atomic E-state index is 0. The van der Waals surface area contributed by atoms with Crippen LogP contribution in [0.3, 0.4) is 0 Å². The number of nitrogens with one attached hydrogen (secondary N) is 2. The summed E-state index contributed by atoms with van der Waals surface area (Å²) in [4.78, 5) is 31.4. The summed E-state index contributed by atoms with van der Waals surface area (Å²) in [6.07, 6.45) is 3.90. The standard InChI is InChI=1S/C25H23N9O9.ClH/c1-41-22-10-19(32(35)36)7-4-16(22)13-26-29-25(30-27-14-17-5-8-20(33(37)38)11-23(17)42-2)31-28-15-18-6-9-21(34(39)40)12-24(18)43-3;/h4-15H,1-3H3,(H2,29,30,31);1H/b26-13+,27-14+,28-15+;. The van der Waals surface area contributed by atoms with Crippen molar-refractivity contribution in [2.75, 3.05) is 21.3 Å². The van der Waals surface area contributed by atoms with Gasteiger partial charge in [0, 0.05) is 34.9 Å². The molecule has 0 aromatic heterocycles. The summed E-state index contributed by atoms with van der Waals surface area (Å²) in [6, 6.07) is 11.8. The van der Waals surface area contributed by atoms with E-state index >= 15 is 0 Å². The van der Waals surface area contributed by atoms with E-state index in [0.717, 1.165) is 0 Å². The first-order valence-corrected chi connectivity index (χ1v) is 11.8. The fraction of sp³-hybridized carbons (Fsp3) is 0.120. The van der Waals surface area contributed by atoms with Gasteiger partial charge in [0.1, 0.15) is 17.2 Å². The van der Waals surface area contributed by atoms with Crippen LogP contribution in [-0.4, -0.2) is 60.7 Å². The maximum Gasteiger partial charge on any atom is 0.273 e. The summed E-state index contributed by atoms with van der Waals surface area (Å²) >= 11 is 0. The number of nitrogens with zero attached hydrogens (tertiary/aromatic N) is 7. The van der Waals surface area contributed by atoms with Gasteiger partial charge in [-0.05, 0) is 18.2 Å². The highest BCUT2D eigenvalue weighted by atomic mass is 35.5. The van der Waals surface area contributed by atoms with Gasteiger partial charge >= 0.3 is 0 Å². The number of halogens is 1. The molecule has 18 nitrogen and oxygen atoms in total. The summed E-state index contributed by atoms with van der Waals surface area (Å²) < 4.78 is 15.6. The van der Waals surface area contributed by atoms with Gasteiger partial charge in [-0.1, -0.05) is 0 Å². The molecule has 3 aromatic carbocycles. The Kier molecular flexibility index (Phi) is 12.6. The van der Waals surface area contributed by atoms with Gasteiger partial charge in [-0.25, -0.2) is 10.9 Å². The number of nitro benzene ring substituents is 3. The third-order valence-electron chi connectivity index (χ3n) is 5.39. The molecule has 0 aliphatic carbocycles. The molecule has 0 unspecified atom stereocenters. The molecular formula is C25H24ClN9O9. The molecule has 3 aromatic rings. The maximum absolute atomic E-state index is 11.0. The molecule has 0 bridgehead atoms. The van der Waals surface area contributed by atoms with E-state index in [-0.39, 0.29) is 52.7 Å². The predicted octanol–water partition coefficient (Wildman–Crippen LogP) is 3.80. The van der Waals surface area contributed by atoms with Crippen molar-refractivity contribution in [1.29, 1.82) is 0 Å². The Morgan fingerprint density at radius 2 is 0.977 bits per heavy atom. The molecule has 0 amide bonds. The van der Waals surface area contributed by atoms with E-state index in [2.05, 4.69) is 31.3 Å². The maximum atomic E-state index is 11.0. The van der Waals surface area contributed by atoms with E-state index in [9.17, 15) is 30.3 Å². The molecule has 0 spiro atoms. The zero-order valence-electron chi connectivity index (χ0n) is 23.1. The van der Waals surface area contributed by atoms with Crippen molar-refractivity contribution in [3.63, 3.8) is 0 Å². The van der Waals surface area contributed by atoms with Gasteiger partial charge in [0.25, 0.3) is 23.0 Å². The van der Waals surface area contributed by atoms with Crippen LogP contribution in [0, 0.1) is 30.3 Å². The molecule has 0 aliphatic heterocycles. The third-order valence-corrected chi connectivity index (χ3v) is 5.39. The van der Waals surface area contributed by atoms with Crippen molar-refractivity contribution < 1.29 is 29.0 Å². The molecule has 0 saturated carbocycles. The van der Waals surface area contributed by atoms with Crippen molar-refractivity contribution in [3.8, 4) is 17.2 Å². The topological polar surface area (TPSA) is 231 Å². The molecule has 0 fully saturated rings. The van der Waals surface area contributed by atoms with Gasteiger partial charge in [0.15, 0.2) is 0 Å². The van der Waals surface area contributed by atoms with Gasteiger partial charge in [-0.3, -0.25) is 30.3 Å². The van der Waals surface area contributed by atoms with Crippen LogP contribution in [0.4, 0.5) is 17.1 Å². The zero-order chi connectivity index (χ0) is 31.4. The highest BCUT2D eigenvalue weighted by Crippen LogP contribution is 2.25. The van der Waals surface area contributed by atoms with Crippen molar-refractivity contribution >= 4 is 54.1 Å². The fourth-order valence-corrected chi connectivity index (χ4v) is 3.30. The number of nitro groups is 3. The number of hydrogen-bond donors (Lipinski definition) is 2. The number of guanidine groups is 1. The number of ether oxygens (including phenoxy) is 3. The lowest BCUT2D eigenvalue weighted by atomic mass is 10.2. The average Bonchev–Trinajstić information content (AvgIpc) is 3.00. The molecule has 230 valence electrons. The molecule has 0 saturated heterocycles. The molecule has 44 heavy (non-hydrogen) atoms. The van der Waals surface area contributed by atoms with Crippen LogP contribution in [-0.2, 0) is 0 Å². The van der Waals surface area contributed by atoms with E-state index in [1.165, 1.54) is 94.6 Å². The van der Waals surface area contributed by atoms with Crippen molar-refractivity contribution in [3.05, 3.63) is 102 Å². The molecule has 0 heterocycles. The monoisotopic (exact) mass is 629 g/mol. The fourth-order valence-electron chi connectivity index (χ4n) is 3.30. The van der Waals surface area contributed by atoms with Crippen LogP contribution in [0.25, 0.3) is 0 Å². The van der Waals surface area contributed by atoms with Crippen molar-refractivity contribution in [2.24, 2.45) is 20.4 Å². The minimum Gasteiger partial charge on any atom is -0.496 e. The highest BCUT2D eigenvalue weighted by Gasteiger charge is 2.12. The molecule has 0 atom stereocenters. The number of rotatable bonds is 12. The number of methoxy groups -OCH3 is 3. The third kappa shape index (κ3) is 9.17. The number of hydrogen-bond acceptors (Lipinski definition) is 13. The Bertz CT molecular complexity index is 1570. The SMILES string of the molecule is COc1cc([N+](=O)[O-])ccc1/C=N/N=C(N/N=C/c1ccc([N+](=O)[O-])cc1OC)N/N=C/c1ccc([N+](=O)[O-])cc1OC.Cl. The second-order valence-corrected chi connectivity index (χ2v) is 7.98. The molecular weight excluding hydrogens is 606 g/mol. The minimum atomic E-state index is -0.566. The summed E-state index contributed by atoms with van der Waals surface area (Å²) in [5.41, 5.74) is 5.85. The zero-order valence-corrected chi connectivity index (χ0v) is 24.0.